The van der Waals surface area contributed by atoms with E-state index in [1.807, 2.05) is 37.3 Å². The number of carboxylic acid groups (broad SMARTS) is 1. The van der Waals surface area contributed by atoms with Crippen LogP contribution in [-0.2, 0) is 24.1 Å². The predicted octanol–water partition coefficient (Wildman–Crippen LogP) is 4.91. The molecule has 4 heteroatoms. The first-order chi connectivity index (χ1) is 13.5. The highest BCUT2D eigenvalue weighted by atomic mass is 16.5. The highest BCUT2D eigenvalue weighted by Gasteiger charge is 2.26. The van der Waals surface area contributed by atoms with Crippen LogP contribution in [0, 0.1) is 6.92 Å². The van der Waals surface area contributed by atoms with Crippen LogP contribution in [-0.4, -0.2) is 23.5 Å². The van der Waals surface area contributed by atoms with E-state index in [0.29, 0.717) is 41.0 Å². The topological polar surface area (TPSA) is 63.6 Å². The molecule has 0 unspecified atom stereocenters. The Labute approximate surface area is 166 Å². The van der Waals surface area contributed by atoms with Crippen LogP contribution < -0.4 is 4.74 Å². The second-order valence-corrected chi connectivity index (χ2v) is 7.53. The standard InChI is InChI=1S/C24H28O4/c1-3-4-5-6-7-17-8-10-18(11-9-17)23(27)22-16(2)20(15-21(25)26)14-19-12-13-28-24(19)22/h8-11,14H,3-7,12-13,15H2,1-2H3,(H,25,26). The van der Waals surface area contributed by atoms with E-state index in [-0.39, 0.29) is 12.2 Å². The molecule has 2 aromatic rings. The summed E-state index contributed by atoms with van der Waals surface area (Å²) >= 11 is 0. The molecule has 0 aromatic heterocycles. The Morgan fingerprint density at radius 1 is 1.11 bits per heavy atom. The summed E-state index contributed by atoms with van der Waals surface area (Å²) < 4.78 is 5.74. The van der Waals surface area contributed by atoms with Gasteiger partial charge < -0.3 is 9.84 Å². The second kappa shape index (κ2) is 9.05. The van der Waals surface area contributed by atoms with E-state index >= 15 is 0 Å². The van der Waals surface area contributed by atoms with Crippen molar-refractivity contribution in [3.8, 4) is 5.75 Å². The van der Waals surface area contributed by atoms with Crippen molar-refractivity contribution in [2.24, 2.45) is 0 Å². The van der Waals surface area contributed by atoms with Crippen LogP contribution in [0.1, 0.15) is 70.8 Å². The lowest BCUT2D eigenvalue weighted by molar-refractivity contribution is -0.136. The van der Waals surface area contributed by atoms with Gasteiger partial charge in [-0.3, -0.25) is 9.59 Å². The average Bonchev–Trinajstić information content (AvgIpc) is 3.13. The van der Waals surface area contributed by atoms with E-state index in [0.717, 1.165) is 12.0 Å². The van der Waals surface area contributed by atoms with E-state index < -0.39 is 5.97 Å². The summed E-state index contributed by atoms with van der Waals surface area (Å²) in [5.41, 5.74) is 4.69. The summed E-state index contributed by atoms with van der Waals surface area (Å²) in [5.74, 6) is -0.367. The molecule has 1 aliphatic rings. The molecule has 4 nitrogen and oxygen atoms in total. The number of carbonyl (C=O) groups excluding carboxylic acids is 1. The zero-order valence-electron chi connectivity index (χ0n) is 16.7. The lowest BCUT2D eigenvalue weighted by Gasteiger charge is -2.15. The molecule has 3 rings (SSSR count). The molecular formula is C24H28O4. The van der Waals surface area contributed by atoms with E-state index in [2.05, 4.69) is 6.92 Å². The number of aliphatic carboxylic acids is 1. The van der Waals surface area contributed by atoms with Crippen molar-refractivity contribution in [1.29, 1.82) is 0 Å². The molecular weight excluding hydrogens is 352 g/mol. The molecule has 0 atom stereocenters. The highest BCUT2D eigenvalue weighted by Crippen LogP contribution is 2.36. The van der Waals surface area contributed by atoms with Crippen LogP contribution in [0.4, 0.5) is 0 Å². The van der Waals surface area contributed by atoms with E-state index in [1.165, 1.54) is 31.2 Å². The monoisotopic (exact) mass is 380 g/mol. The zero-order valence-corrected chi connectivity index (χ0v) is 16.7. The number of benzene rings is 2. The number of carbonyl (C=O) groups is 2. The van der Waals surface area contributed by atoms with Gasteiger partial charge in [-0.2, -0.15) is 0 Å². The van der Waals surface area contributed by atoms with Crippen molar-refractivity contribution >= 4 is 11.8 Å². The van der Waals surface area contributed by atoms with E-state index in [4.69, 9.17) is 4.74 Å². The van der Waals surface area contributed by atoms with Gasteiger partial charge in [0.15, 0.2) is 5.78 Å². The van der Waals surface area contributed by atoms with Gasteiger partial charge in [-0.15, -0.1) is 0 Å². The molecule has 0 spiro atoms. The first kappa shape index (κ1) is 20.1. The lowest BCUT2D eigenvalue weighted by Crippen LogP contribution is -2.11. The Hall–Kier alpha value is -2.62. The Kier molecular flexibility index (Phi) is 6.50. The van der Waals surface area contributed by atoms with Crippen LogP contribution >= 0.6 is 0 Å². The van der Waals surface area contributed by atoms with Gasteiger partial charge in [-0.25, -0.2) is 0 Å². The molecule has 0 aliphatic carbocycles. The molecule has 1 aliphatic heterocycles. The summed E-state index contributed by atoms with van der Waals surface area (Å²) in [6, 6.07) is 9.68. The van der Waals surface area contributed by atoms with Crippen LogP contribution in [0.25, 0.3) is 0 Å². The average molecular weight is 380 g/mol. The van der Waals surface area contributed by atoms with Gasteiger partial charge in [0.05, 0.1) is 18.6 Å². The van der Waals surface area contributed by atoms with Gasteiger partial charge in [0.25, 0.3) is 0 Å². The summed E-state index contributed by atoms with van der Waals surface area (Å²) in [4.78, 5) is 24.5. The van der Waals surface area contributed by atoms with Gasteiger partial charge in [-0.1, -0.05) is 56.5 Å². The first-order valence-corrected chi connectivity index (χ1v) is 10.1. The third kappa shape index (κ3) is 4.44. The molecule has 148 valence electrons. The minimum Gasteiger partial charge on any atom is -0.492 e. The molecule has 1 heterocycles. The van der Waals surface area contributed by atoms with Crippen LogP contribution in [0.3, 0.4) is 0 Å². The Bertz CT molecular complexity index is 865. The molecule has 0 fully saturated rings. The van der Waals surface area contributed by atoms with Crippen molar-refractivity contribution in [2.45, 2.75) is 58.8 Å². The molecule has 0 radical (unpaired) electrons. The maximum Gasteiger partial charge on any atom is 0.307 e. The maximum atomic E-state index is 13.2. The van der Waals surface area contributed by atoms with E-state index in [1.54, 1.807) is 0 Å². The third-order valence-electron chi connectivity index (χ3n) is 5.45. The minimum absolute atomic E-state index is 0.0872. The summed E-state index contributed by atoms with van der Waals surface area (Å²) in [5, 5.41) is 9.21. The highest BCUT2D eigenvalue weighted by molar-refractivity contribution is 6.12. The molecule has 0 amide bonds. The molecule has 28 heavy (non-hydrogen) atoms. The Balaban J connectivity index is 1.86. The number of hydrogen-bond acceptors (Lipinski definition) is 3. The van der Waals surface area contributed by atoms with Crippen LogP contribution in [0.2, 0.25) is 0 Å². The number of ether oxygens (including phenoxy) is 1. The van der Waals surface area contributed by atoms with Crippen molar-refractivity contribution in [2.75, 3.05) is 6.61 Å². The van der Waals surface area contributed by atoms with Crippen molar-refractivity contribution < 1.29 is 19.4 Å². The fraction of sp³-hybridized carbons (Fsp3) is 0.417. The fourth-order valence-electron chi connectivity index (χ4n) is 3.83. The summed E-state index contributed by atoms with van der Waals surface area (Å²) in [6.07, 6.45) is 6.53. The van der Waals surface area contributed by atoms with Crippen LogP contribution in [0.15, 0.2) is 30.3 Å². The zero-order chi connectivity index (χ0) is 20.1. The smallest absolute Gasteiger partial charge is 0.307 e. The van der Waals surface area contributed by atoms with Crippen molar-refractivity contribution in [3.05, 3.63) is 63.7 Å². The lowest BCUT2D eigenvalue weighted by atomic mass is 9.90. The Morgan fingerprint density at radius 2 is 1.86 bits per heavy atom. The Morgan fingerprint density at radius 3 is 2.54 bits per heavy atom. The van der Waals surface area contributed by atoms with Gasteiger partial charge in [0.2, 0.25) is 0 Å². The normalized spacial score (nSPS) is 12.5. The number of hydrogen-bond donors (Lipinski definition) is 1. The fourth-order valence-corrected chi connectivity index (χ4v) is 3.83. The molecule has 2 aromatic carbocycles. The predicted molar refractivity (Wildman–Crippen MR) is 109 cm³/mol. The van der Waals surface area contributed by atoms with Crippen molar-refractivity contribution in [3.63, 3.8) is 0 Å². The third-order valence-corrected chi connectivity index (χ3v) is 5.45. The quantitative estimate of drug-likeness (QED) is 0.496. The summed E-state index contributed by atoms with van der Waals surface area (Å²) in [6.45, 7) is 4.55. The number of unbranched alkanes of at least 4 members (excludes halogenated alkanes) is 3. The number of ketones is 1. The summed E-state index contributed by atoms with van der Waals surface area (Å²) in [7, 11) is 0. The largest absolute Gasteiger partial charge is 0.492 e. The van der Waals surface area contributed by atoms with Gasteiger partial charge in [0.1, 0.15) is 5.75 Å². The SMILES string of the molecule is CCCCCCc1ccc(C(=O)c2c(C)c(CC(=O)O)cc3c2OCC3)cc1. The van der Waals surface area contributed by atoms with Gasteiger partial charge in [-0.05, 0) is 42.0 Å². The number of carboxylic acids is 1. The minimum atomic E-state index is -0.896. The number of fused-ring (bicyclic) bond motifs is 1. The molecule has 0 saturated carbocycles. The van der Waals surface area contributed by atoms with Crippen LogP contribution in [0.5, 0.6) is 5.75 Å². The molecule has 0 saturated heterocycles. The molecule has 1 N–H and O–H groups in total. The van der Waals surface area contributed by atoms with E-state index in [9.17, 15) is 14.7 Å². The van der Waals surface area contributed by atoms with Gasteiger partial charge in [0, 0.05) is 12.0 Å². The van der Waals surface area contributed by atoms with Gasteiger partial charge >= 0.3 is 5.97 Å². The first-order valence-electron chi connectivity index (χ1n) is 10.1. The number of rotatable bonds is 9. The van der Waals surface area contributed by atoms with Crippen molar-refractivity contribution in [1.82, 2.24) is 0 Å². The second-order valence-electron chi connectivity index (χ2n) is 7.53. The maximum absolute atomic E-state index is 13.2. The number of aryl methyl sites for hydroxylation is 1. The molecule has 0 bridgehead atoms.